The molecule has 1 N–H and O–H groups in total. The normalized spacial score (nSPS) is 20.2. The molecule has 0 saturated carbocycles. The molecule has 5 nitrogen and oxygen atoms in total. The maximum absolute atomic E-state index is 13.8. The van der Waals surface area contributed by atoms with E-state index >= 15 is 0 Å². The number of H-pyrrole nitrogens is 1. The van der Waals surface area contributed by atoms with Crippen LogP contribution in [-0.4, -0.2) is 40.7 Å². The van der Waals surface area contributed by atoms with Crippen LogP contribution in [0.2, 0.25) is 10.0 Å². The van der Waals surface area contributed by atoms with Gasteiger partial charge in [-0.3, -0.25) is 9.89 Å². The zero-order chi connectivity index (χ0) is 23.1. The van der Waals surface area contributed by atoms with Crippen LogP contribution in [0, 0.1) is 11.7 Å². The van der Waals surface area contributed by atoms with Crippen LogP contribution < -0.4 is 4.74 Å². The highest BCUT2D eigenvalue weighted by Crippen LogP contribution is 2.37. The molecule has 172 valence electrons. The van der Waals surface area contributed by atoms with Gasteiger partial charge in [-0.2, -0.15) is 5.10 Å². The lowest BCUT2D eigenvalue weighted by Crippen LogP contribution is -2.41. The number of amides is 1. The maximum Gasteiger partial charge on any atom is 0.226 e. The molecule has 1 amide bonds. The first kappa shape index (κ1) is 22.2. The van der Waals surface area contributed by atoms with Gasteiger partial charge in [0.1, 0.15) is 0 Å². The number of aromatic amines is 1. The summed E-state index contributed by atoms with van der Waals surface area (Å²) in [7, 11) is 1.43. The third-order valence-corrected chi connectivity index (χ3v) is 7.52. The number of hydrogen-bond acceptors (Lipinski definition) is 3. The Morgan fingerprint density at radius 2 is 1.97 bits per heavy atom. The Morgan fingerprint density at radius 3 is 2.73 bits per heavy atom. The number of fused-ring (bicyclic) bond motifs is 1. The second-order valence-electron chi connectivity index (χ2n) is 8.74. The van der Waals surface area contributed by atoms with Gasteiger partial charge in [-0.1, -0.05) is 29.3 Å². The number of hydrogen-bond donors (Lipinski definition) is 1. The minimum atomic E-state index is -0.429. The van der Waals surface area contributed by atoms with Gasteiger partial charge in [0.2, 0.25) is 5.91 Å². The molecule has 1 fully saturated rings. The van der Waals surface area contributed by atoms with E-state index < -0.39 is 5.82 Å². The fourth-order valence-electron chi connectivity index (χ4n) is 5.03. The highest BCUT2D eigenvalue weighted by Gasteiger charge is 2.38. The summed E-state index contributed by atoms with van der Waals surface area (Å²) < 4.78 is 18.9. The Labute approximate surface area is 201 Å². The van der Waals surface area contributed by atoms with Crippen LogP contribution >= 0.6 is 23.2 Å². The van der Waals surface area contributed by atoms with Crippen LogP contribution in [0.15, 0.2) is 36.5 Å². The van der Waals surface area contributed by atoms with E-state index in [1.807, 2.05) is 23.2 Å². The van der Waals surface area contributed by atoms with Crippen LogP contribution in [0.25, 0.3) is 11.1 Å². The molecular weight excluding hydrogens is 464 g/mol. The Hall–Kier alpha value is -2.57. The van der Waals surface area contributed by atoms with Crippen molar-refractivity contribution in [3.8, 4) is 16.9 Å². The van der Waals surface area contributed by atoms with Gasteiger partial charge in [-0.05, 0) is 78.6 Å². The Morgan fingerprint density at radius 1 is 1.18 bits per heavy atom. The zero-order valence-corrected chi connectivity index (χ0v) is 19.7. The molecular formula is C25H24Cl2FN3O2. The van der Waals surface area contributed by atoms with Gasteiger partial charge in [0.05, 0.1) is 12.8 Å². The van der Waals surface area contributed by atoms with E-state index in [0.717, 1.165) is 54.6 Å². The van der Waals surface area contributed by atoms with Crippen molar-refractivity contribution in [1.29, 1.82) is 0 Å². The first-order valence-corrected chi connectivity index (χ1v) is 11.8. The lowest BCUT2D eigenvalue weighted by Gasteiger charge is -2.31. The second kappa shape index (κ2) is 8.99. The molecule has 0 unspecified atom stereocenters. The van der Waals surface area contributed by atoms with Crippen molar-refractivity contribution in [1.82, 2.24) is 15.1 Å². The van der Waals surface area contributed by atoms with Crippen molar-refractivity contribution < 1.29 is 13.9 Å². The Bertz CT molecular complexity index is 1190. The number of methoxy groups -OCH3 is 1. The van der Waals surface area contributed by atoms with E-state index in [-0.39, 0.29) is 23.6 Å². The predicted molar refractivity (Wildman–Crippen MR) is 126 cm³/mol. The Balaban J connectivity index is 1.32. The molecule has 1 aliphatic heterocycles. The summed E-state index contributed by atoms with van der Waals surface area (Å²) in [4.78, 5) is 15.3. The van der Waals surface area contributed by atoms with Gasteiger partial charge in [0.15, 0.2) is 11.6 Å². The maximum atomic E-state index is 13.8. The molecule has 1 saturated heterocycles. The number of carbonyl (C=O) groups is 1. The van der Waals surface area contributed by atoms with Crippen molar-refractivity contribution in [2.75, 3.05) is 13.7 Å². The highest BCUT2D eigenvalue weighted by molar-refractivity contribution is 6.36. The summed E-state index contributed by atoms with van der Waals surface area (Å²) in [5.41, 5.74) is 4.62. The van der Waals surface area contributed by atoms with E-state index in [1.54, 1.807) is 12.1 Å². The molecule has 2 heterocycles. The number of benzene rings is 2. The first-order chi connectivity index (χ1) is 15.9. The monoisotopic (exact) mass is 487 g/mol. The van der Waals surface area contributed by atoms with Crippen molar-refractivity contribution in [3.05, 3.63) is 69.2 Å². The number of likely N-dealkylation sites (tertiary alicyclic amines) is 1. The number of aryl methyl sites for hydroxylation is 1. The topological polar surface area (TPSA) is 58.2 Å². The van der Waals surface area contributed by atoms with Crippen LogP contribution in [0.1, 0.15) is 29.7 Å². The predicted octanol–water partition coefficient (Wildman–Crippen LogP) is 5.48. The zero-order valence-electron chi connectivity index (χ0n) is 18.2. The quantitative estimate of drug-likeness (QED) is 0.518. The third-order valence-electron chi connectivity index (χ3n) is 6.85. The van der Waals surface area contributed by atoms with E-state index in [9.17, 15) is 9.18 Å². The van der Waals surface area contributed by atoms with Gasteiger partial charge >= 0.3 is 0 Å². The van der Waals surface area contributed by atoms with Gasteiger partial charge in [-0.15, -0.1) is 0 Å². The van der Waals surface area contributed by atoms with Crippen molar-refractivity contribution in [2.24, 2.45) is 5.92 Å². The number of rotatable bonds is 5. The average molecular weight is 488 g/mol. The third kappa shape index (κ3) is 4.22. The van der Waals surface area contributed by atoms with Gasteiger partial charge in [0.25, 0.3) is 0 Å². The van der Waals surface area contributed by atoms with E-state index in [2.05, 4.69) is 10.2 Å². The van der Waals surface area contributed by atoms with Crippen molar-refractivity contribution >= 4 is 29.1 Å². The van der Waals surface area contributed by atoms with Gasteiger partial charge in [-0.25, -0.2) is 4.39 Å². The van der Waals surface area contributed by atoms with E-state index in [4.69, 9.17) is 27.9 Å². The molecule has 1 aliphatic carbocycles. The fraction of sp³-hybridized carbons (Fsp3) is 0.360. The lowest BCUT2D eigenvalue weighted by molar-refractivity contribution is -0.133. The standard InChI is InChI=1S/C25H24Cl2FN3O2/c1-33-24-12-14(2-4-22(24)28)16-10-20(26)19(21(27)11-16)9-15-6-7-31(25(15)32)18-3-5-23-17(8-18)13-29-30-23/h2,4,10-13,15,18H,3,5-9H2,1H3,(H,29,30)/t15-,18-/m0/s1. The van der Waals surface area contributed by atoms with Crippen LogP contribution in [0.5, 0.6) is 5.75 Å². The van der Waals surface area contributed by atoms with Gasteiger partial charge in [0, 0.05) is 34.7 Å². The average Bonchev–Trinajstić information content (AvgIpc) is 3.42. The Kier molecular flexibility index (Phi) is 6.06. The summed E-state index contributed by atoms with van der Waals surface area (Å²) in [6.45, 7) is 0.754. The number of ether oxygens (including phenoxy) is 1. The molecule has 0 spiro atoms. The molecule has 0 radical (unpaired) electrons. The number of carbonyl (C=O) groups excluding carboxylic acids is 1. The van der Waals surface area contributed by atoms with E-state index in [0.29, 0.717) is 16.5 Å². The molecule has 2 atom stereocenters. The minimum Gasteiger partial charge on any atom is -0.494 e. The molecule has 8 heteroatoms. The highest BCUT2D eigenvalue weighted by atomic mass is 35.5. The van der Waals surface area contributed by atoms with Crippen molar-refractivity contribution in [2.45, 2.75) is 38.1 Å². The summed E-state index contributed by atoms with van der Waals surface area (Å²) in [6.07, 6.45) is 5.92. The fourth-order valence-corrected chi connectivity index (χ4v) is 5.67. The molecule has 1 aromatic heterocycles. The summed E-state index contributed by atoms with van der Waals surface area (Å²) in [5.74, 6) is -0.235. The molecule has 3 aromatic rings. The number of halogens is 3. The lowest BCUT2D eigenvalue weighted by atomic mass is 9.92. The number of aromatic nitrogens is 2. The summed E-state index contributed by atoms with van der Waals surface area (Å²) in [6, 6.07) is 8.48. The van der Waals surface area contributed by atoms with Gasteiger partial charge < -0.3 is 9.64 Å². The van der Waals surface area contributed by atoms with Crippen LogP contribution in [-0.2, 0) is 24.1 Å². The number of nitrogens with zero attached hydrogens (tertiary/aromatic N) is 2. The first-order valence-electron chi connectivity index (χ1n) is 11.1. The summed E-state index contributed by atoms with van der Waals surface area (Å²) in [5, 5.41) is 8.23. The second-order valence-corrected chi connectivity index (χ2v) is 9.56. The number of nitrogens with one attached hydrogen (secondary N) is 1. The minimum absolute atomic E-state index is 0.137. The van der Waals surface area contributed by atoms with Crippen LogP contribution in [0.3, 0.4) is 0 Å². The largest absolute Gasteiger partial charge is 0.494 e. The molecule has 2 aromatic carbocycles. The smallest absolute Gasteiger partial charge is 0.226 e. The molecule has 0 bridgehead atoms. The molecule has 2 aliphatic rings. The van der Waals surface area contributed by atoms with Crippen LogP contribution in [0.4, 0.5) is 4.39 Å². The summed E-state index contributed by atoms with van der Waals surface area (Å²) >= 11 is 13.2. The molecule has 5 rings (SSSR count). The molecule has 33 heavy (non-hydrogen) atoms. The van der Waals surface area contributed by atoms with E-state index in [1.165, 1.54) is 18.7 Å². The SMILES string of the molecule is COc1cc(-c2cc(Cl)c(C[C@@H]3CCN([C@H]4CCc5n[nH]cc5C4)C3=O)c(Cl)c2)ccc1F. The van der Waals surface area contributed by atoms with Crippen molar-refractivity contribution in [3.63, 3.8) is 0 Å².